The summed E-state index contributed by atoms with van der Waals surface area (Å²) >= 11 is 0. The number of guanidine groups is 1. The van der Waals surface area contributed by atoms with Crippen LogP contribution in [0.15, 0.2) is 29.3 Å². The SMILES string of the molecule is CCNC(=NCc1cccc(CN(C)C)c1)NCC(C(C)C)N1CCOCC1.I. The Morgan fingerprint density at radius 1 is 1.17 bits per heavy atom. The monoisotopic (exact) mass is 517 g/mol. The van der Waals surface area contributed by atoms with Gasteiger partial charge in [0.25, 0.3) is 0 Å². The smallest absolute Gasteiger partial charge is 0.191 e. The van der Waals surface area contributed by atoms with Crippen LogP contribution in [-0.4, -0.2) is 75.3 Å². The van der Waals surface area contributed by atoms with Gasteiger partial charge in [0.2, 0.25) is 0 Å². The predicted octanol–water partition coefficient (Wildman–Crippen LogP) is 2.78. The number of morpholine rings is 1. The van der Waals surface area contributed by atoms with Crippen molar-refractivity contribution in [1.82, 2.24) is 20.4 Å². The number of ether oxygens (including phenoxy) is 1. The average Bonchev–Trinajstić information content (AvgIpc) is 2.66. The Kier molecular flexibility index (Phi) is 12.8. The van der Waals surface area contributed by atoms with Crippen molar-refractivity contribution in [2.24, 2.45) is 10.9 Å². The van der Waals surface area contributed by atoms with Crippen LogP contribution in [0.1, 0.15) is 31.9 Å². The van der Waals surface area contributed by atoms with E-state index in [-0.39, 0.29) is 24.0 Å². The molecule has 2 N–H and O–H groups in total. The largest absolute Gasteiger partial charge is 0.379 e. The van der Waals surface area contributed by atoms with E-state index in [1.165, 1.54) is 11.1 Å². The van der Waals surface area contributed by atoms with E-state index in [1.807, 2.05) is 0 Å². The molecular weight excluding hydrogens is 477 g/mol. The van der Waals surface area contributed by atoms with Gasteiger partial charge in [0, 0.05) is 38.8 Å². The summed E-state index contributed by atoms with van der Waals surface area (Å²) in [5, 5.41) is 6.95. The third-order valence-corrected chi connectivity index (χ3v) is 5.02. The van der Waals surface area contributed by atoms with Crippen LogP contribution in [0.2, 0.25) is 0 Å². The second-order valence-corrected chi connectivity index (χ2v) is 8.09. The molecule has 0 aromatic heterocycles. The first kappa shape index (κ1) is 26.1. The van der Waals surface area contributed by atoms with Crippen molar-refractivity contribution in [3.63, 3.8) is 0 Å². The van der Waals surface area contributed by atoms with E-state index in [1.54, 1.807) is 0 Å². The first-order valence-corrected chi connectivity index (χ1v) is 10.6. The van der Waals surface area contributed by atoms with Crippen molar-refractivity contribution in [2.75, 3.05) is 53.5 Å². The molecule has 1 aromatic carbocycles. The van der Waals surface area contributed by atoms with Crippen LogP contribution in [0, 0.1) is 5.92 Å². The summed E-state index contributed by atoms with van der Waals surface area (Å²) in [5.74, 6) is 1.47. The van der Waals surface area contributed by atoms with Gasteiger partial charge in [-0.3, -0.25) is 4.90 Å². The number of hydrogen-bond donors (Lipinski definition) is 2. The van der Waals surface area contributed by atoms with Crippen molar-refractivity contribution in [3.8, 4) is 0 Å². The quantitative estimate of drug-likeness (QED) is 0.300. The van der Waals surface area contributed by atoms with Crippen molar-refractivity contribution in [1.29, 1.82) is 0 Å². The molecule has 0 spiro atoms. The predicted molar refractivity (Wildman–Crippen MR) is 133 cm³/mol. The van der Waals surface area contributed by atoms with Crippen LogP contribution in [0.5, 0.6) is 0 Å². The van der Waals surface area contributed by atoms with E-state index in [4.69, 9.17) is 9.73 Å². The summed E-state index contributed by atoms with van der Waals surface area (Å²) in [7, 11) is 4.19. The van der Waals surface area contributed by atoms with E-state index < -0.39 is 0 Å². The normalized spacial score (nSPS) is 16.6. The lowest BCUT2D eigenvalue weighted by Gasteiger charge is -2.37. The van der Waals surface area contributed by atoms with Crippen LogP contribution in [-0.2, 0) is 17.8 Å². The fourth-order valence-corrected chi connectivity index (χ4v) is 3.60. The molecule has 0 bridgehead atoms. The number of aliphatic imine (C=N–C) groups is 1. The van der Waals surface area contributed by atoms with Gasteiger partial charge in [0.15, 0.2) is 5.96 Å². The highest BCUT2D eigenvalue weighted by Crippen LogP contribution is 2.12. The minimum absolute atomic E-state index is 0. The molecule has 7 heteroatoms. The molecule has 166 valence electrons. The maximum absolute atomic E-state index is 5.51. The van der Waals surface area contributed by atoms with Gasteiger partial charge in [-0.2, -0.15) is 0 Å². The topological polar surface area (TPSA) is 52.1 Å². The zero-order valence-electron chi connectivity index (χ0n) is 18.8. The van der Waals surface area contributed by atoms with Crippen LogP contribution < -0.4 is 10.6 Å². The first-order chi connectivity index (χ1) is 13.5. The summed E-state index contributed by atoms with van der Waals surface area (Å²) in [6, 6.07) is 9.18. The lowest BCUT2D eigenvalue weighted by molar-refractivity contribution is 0.00752. The third-order valence-electron chi connectivity index (χ3n) is 5.02. The molecule has 1 heterocycles. The van der Waals surface area contributed by atoms with Gasteiger partial charge >= 0.3 is 0 Å². The Balaban J connectivity index is 0.00000420. The van der Waals surface area contributed by atoms with Gasteiger partial charge < -0.3 is 20.3 Å². The number of nitrogens with zero attached hydrogens (tertiary/aromatic N) is 3. The molecule has 0 aliphatic carbocycles. The molecule has 1 aromatic rings. The standard InChI is InChI=1S/C22H39N5O.HI/c1-6-23-22(24-15-19-8-7-9-20(14-19)17-26(4)5)25-16-21(18(2)3)27-10-12-28-13-11-27;/h7-9,14,18,21H,6,10-13,15-17H2,1-5H3,(H2,23,24,25);1H. The summed E-state index contributed by atoms with van der Waals surface area (Å²) < 4.78 is 5.51. The van der Waals surface area contributed by atoms with Crippen LogP contribution in [0.4, 0.5) is 0 Å². The molecule has 1 atom stereocenters. The second-order valence-electron chi connectivity index (χ2n) is 8.09. The van der Waals surface area contributed by atoms with E-state index >= 15 is 0 Å². The molecule has 1 unspecified atom stereocenters. The number of rotatable bonds is 9. The van der Waals surface area contributed by atoms with Crippen LogP contribution >= 0.6 is 24.0 Å². The molecule has 1 aliphatic rings. The van der Waals surface area contributed by atoms with Crippen molar-refractivity contribution < 1.29 is 4.74 Å². The zero-order chi connectivity index (χ0) is 20.4. The maximum Gasteiger partial charge on any atom is 0.191 e. The highest BCUT2D eigenvalue weighted by atomic mass is 127. The summed E-state index contributed by atoms with van der Waals surface area (Å²) in [6.07, 6.45) is 0. The molecule has 2 rings (SSSR count). The Hall–Kier alpha value is -0.900. The van der Waals surface area contributed by atoms with E-state index in [9.17, 15) is 0 Å². The van der Waals surface area contributed by atoms with E-state index in [0.29, 0.717) is 18.5 Å². The lowest BCUT2D eigenvalue weighted by atomic mass is 10.0. The third kappa shape index (κ3) is 9.63. The Bertz CT molecular complexity index is 603. The van der Waals surface area contributed by atoms with E-state index in [2.05, 4.69) is 79.6 Å². The minimum Gasteiger partial charge on any atom is -0.379 e. The molecule has 1 fully saturated rings. The van der Waals surface area contributed by atoms with Gasteiger partial charge in [-0.1, -0.05) is 38.1 Å². The zero-order valence-corrected chi connectivity index (χ0v) is 21.1. The Morgan fingerprint density at radius 2 is 1.86 bits per heavy atom. The van der Waals surface area contributed by atoms with Crippen LogP contribution in [0.25, 0.3) is 0 Å². The highest BCUT2D eigenvalue weighted by molar-refractivity contribution is 14.0. The number of benzene rings is 1. The fourth-order valence-electron chi connectivity index (χ4n) is 3.60. The maximum atomic E-state index is 5.51. The number of hydrogen-bond acceptors (Lipinski definition) is 4. The second kappa shape index (κ2) is 14.2. The van der Waals surface area contributed by atoms with Gasteiger partial charge in [0.05, 0.1) is 19.8 Å². The minimum atomic E-state index is 0. The average molecular weight is 518 g/mol. The van der Waals surface area contributed by atoms with Crippen molar-refractivity contribution in [2.45, 2.75) is 39.9 Å². The highest BCUT2D eigenvalue weighted by Gasteiger charge is 2.23. The fraction of sp³-hybridized carbons (Fsp3) is 0.682. The molecule has 0 radical (unpaired) electrons. The van der Waals surface area contributed by atoms with Crippen molar-refractivity contribution in [3.05, 3.63) is 35.4 Å². The molecule has 6 nitrogen and oxygen atoms in total. The molecule has 29 heavy (non-hydrogen) atoms. The molecule has 1 saturated heterocycles. The summed E-state index contributed by atoms with van der Waals surface area (Å²) in [6.45, 7) is 13.8. The Morgan fingerprint density at radius 3 is 2.48 bits per heavy atom. The Labute approximate surface area is 194 Å². The van der Waals surface area contributed by atoms with Crippen molar-refractivity contribution >= 4 is 29.9 Å². The molecule has 0 saturated carbocycles. The lowest BCUT2D eigenvalue weighted by Crippen LogP contribution is -2.52. The number of halogens is 1. The first-order valence-electron chi connectivity index (χ1n) is 10.6. The number of nitrogens with one attached hydrogen (secondary N) is 2. The van der Waals surface area contributed by atoms with Gasteiger partial charge in [-0.15, -0.1) is 24.0 Å². The van der Waals surface area contributed by atoms with Crippen LogP contribution in [0.3, 0.4) is 0 Å². The van der Waals surface area contributed by atoms with Gasteiger partial charge in [-0.25, -0.2) is 4.99 Å². The van der Waals surface area contributed by atoms with E-state index in [0.717, 1.165) is 51.9 Å². The molecular formula is C22H40IN5O. The summed E-state index contributed by atoms with van der Waals surface area (Å²) in [5.41, 5.74) is 2.56. The van der Waals surface area contributed by atoms with Gasteiger partial charge in [-0.05, 0) is 38.1 Å². The molecule has 1 aliphatic heterocycles. The van der Waals surface area contributed by atoms with Gasteiger partial charge in [0.1, 0.15) is 0 Å². The molecule has 0 amide bonds. The summed E-state index contributed by atoms with van der Waals surface area (Å²) in [4.78, 5) is 9.54.